The van der Waals surface area contributed by atoms with Gasteiger partial charge in [-0.1, -0.05) is 13.8 Å². The standard InChI is InChI=1S/C26H29F3N8O/c1-17(2)18-9-25(35-31-11-18)34-24-5-4-22-23(33-24)8-19(10-30-22)20-12-32-37(13-20)7-3-6-36-14-21(15-36)38-16-26(27,28)29/h4-5,8-13,17,21H,3,6-7,14-16H2,1-2H3,(H,33,34,35). The minimum Gasteiger partial charge on any atom is -0.366 e. The lowest BCUT2D eigenvalue weighted by Crippen LogP contribution is -2.53. The third kappa shape index (κ3) is 6.62. The highest BCUT2D eigenvalue weighted by Crippen LogP contribution is 2.24. The van der Waals surface area contributed by atoms with Crippen molar-refractivity contribution in [3.63, 3.8) is 0 Å². The van der Waals surface area contributed by atoms with Crippen LogP contribution in [-0.4, -0.2) is 73.4 Å². The average Bonchev–Trinajstić information content (AvgIpc) is 3.33. The van der Waals surface area contributed by atoms with Gasteiger partial charge in [0.05, 0.1) is 29.5 Å². The number of alkyl halides is 3. The predicted molar refractivity (Wildman–Crippen MR) is 137 cm³/mol. The van der Waals surface area contributed by atoms with Gasteiger partial charge in [0.25, 0.3) is 0 Å². The summed E-state index contributed by atoms with van der Waals surface area (Å²) >= 11 is 0. The van der Waals surface area contributed by atoms with Gasteiger partial charge in [-0.25, -0.2) is 4.98 Å². The molecule has 0 unspecified atom stereocenters. The quantitative estimate of drug-likeness (QED) is 0.315. The zero-order valence-electron chi connectivity index (χ0n) is 21.2. The lowest BCUT2D eigenvalue weighted by Gasteiger charge is -2.39. The first-order chi connectivity index (χ1) is 18.2. The number of nitrogens with zero attached hydrogens (tertiary/aromatic N) is 7. The molecule has 200 valence electrons. The van der Waals surface area contributed by atoms with Crippen molar-refractivity contribution in [3.05, 3.63) is 54.6 Å². The third-order valence-corrected chi connectivity index (χ3v) is 6.37. The maximum atomic E-state index is 12.2. The Labute approximate surface area is 218 Å². The number of ether oxygens (including phenoxy) is 1. The molecular formula is C26H29F3N8O. The zero-order chi connectivity index (χ0) is 26.7. The monoisotopic (exact) mass is 526 g/mol. The van der Waals surface area contributed by atoms with E-state index in [1.165, 1.54) is 0 Å². The summed E-state index contributed by atoms with van der Waals surface area (Å²) in [5.41, 5.74) is 4.45. The number of nitrogens with one attached hydrogen (secondary N) is 1. The van der Waals surface area contributed by atoms with Crippen molar-refractivity contribution >= 4 is 22.7 Å². The molecule has 0 aromatic carbocycles. The molecular weight excluding hydrogens is 497 g/mol. The van der Waals surface area contributed by atoms with Gasteiger partial charge in [0.15, 0.2) is 5.82 Å². The fraction of sp³-hybridized carbons (Fsp3) is 0.423. The van der Waals surface area contributed by atoms with Crippen molar-refractivity contribution in [1.29, 1.82) is 0 Å². The maximum absolute atomic E-state index is 12.2. The average molecular weight is 527 g/mol. The van der Waals surface area contributed by atoms with Crippen molar-refractivity contribution in [2.45, 2.75) is 45.0 Å². The molecule has 1 saturated heterocycles. The van der Waals surface area contributed by atoms with Crippen molar-refractivity contribution in [1.82, 2.24) is 34.8 Å². The molecule has 1 aliphatic heterocycles. The van der Waals surface area contributed by atoms with Gasteiger partial charge in [-0.15, -0.1) is 5.10 Å². The Morgan fingerprint density at radius 2 is 1.87 bits per heavy atom. The van der Waals surface area contributed by atoms with Gasteiger partial charge in [0, 0.05) is 49.7 Å². The maximum Gasteiger partial charge on any atom is 0.411 e. The van der Waals surface area contributed by atoms with E-state index in [1.807, 2.05) is 35.1 Å². The Balaban J connectivity index is 1.16. The van der Waals surface area contributed by atoms with Gasteiger partial charge in [0.1, 0.15) is 12.4 Å². The van der Waals surface area contributed by atoms with Crippen LogP contribution < -0.4 is 5.32 Å². The second kappa shape index (κ2) is 11.0. The lowest BCUT2D eigenvalue weighted by atomic mass is 10.1. The molecule has 4 aromatic heterocycles. The zero-order valence-corrected chi connectivity index (χ0v) is 21.2. The van der Waals surface area contributed by atoms with Gasteiger partial charge in [-0.2, -0.15) is 23.4 Å². The van der Waals surface area contributed by atoms with E-state index in [2.05, 4.69) is 44.3 Å². The summed E-state index contributed by atoms with van der Waals surface area (Å²) in [5, 5.41) is 15.9. The van der Waals surface area contributed by atoms with Crippen molar-refractivity contribution in [2.75, 3.05) is 31.6 Å². The fourth-order valence-electron chi connectivity index (χ4n) is 4.24. The summed E-state index contributed by atoms with van der Waals surface area (Å²) < 4.78 is 43.4. The topological polar surface area (TPSA) is 93.9 Å². The molecule has 0 spiro atoms. The van der Waals surface area contributed by atoms with E-state index < -0.39 is 12.8 Å². The number of aryl methyl sites for hydroxylation is 1. The number of pyridine rings is 2. The Morgan fingerprint density at radius 1 is 1.03 bits per heavy atom. The van der Waals surface area contributed by atoms with E-state index in [9.17, 15) is 13.2 Å². The fourth-order valence-corrected chi connectivity index (χ4v) is 4.24. The van der Waals surface area contributed by atoms with Crippen molar-refractivity contribution in [2.24, 2.45) is 0 Å². The van der Waals surface area contributed by atoms with Gasteiger partial charge >= 0.3 is 6.18 Å². The van der Waals surface area contributed by atoms with Gasteiger partial charge in [-0.05, 0) is 42.2 Å². The molecule has 0 bridgehead atoms. The molecule has 9 nitrogen and oxygen atoms in total. The second-order valence-electron chi connectivity index (χ2n) is 9.77. The molecule has 0 radical (unpaired) electrons. The number of hydrogen-bond donors (Lipinski definition) is 1. The minimum absolute atomic E-state index is 0.337. The Hall–Kier alpha value is -3.64. The molecule has 12 heteroatoms. The molecule has 1 N–H and O–H groups in total. The first-order valence-electron chi connectivity index (χ1n) is 12.5. The van der Waals surface area contributed by atoms with E-state index in [0.717, 1.165) is 40.7 Å². The number of fused-ring (bicyclic) bond motifs is 1. The molecule has 38 heavy (non-hydrogen) atoms. The molecule has 1 aliphatic rings. The summed E-state index contributed by atoms with van der Waals surface area (Å²) in [5.74, 6) is 1.63. The van der Waals surface area contributed by atoms with Crippen LogP contribution in [0.2, 0.25) is 0 Å². The minimum atomic E-state index is -4.27. The summed E-state index contributed by atoms with van der Waals surface area (Å²) in [6.07, 6.45) is 3.54. The molecule has 5 heterocycles. The van der Waals surface area contributed by atoms with E-state index in [1.54, 1.807) is 18.6 Å². The lowest BCUT2D eigenvalue weighted by molar-refractivity contribution is -0.199. The second-order valence-corrected chi connectivity index (χ2v) is 9.77. The van der Waals surface area contributed by atoms with Gasteiger partial charge < -0.3 is 10.1 Å². The molecule has 0 aliphatic carbocycles. The number of halogens is 3. The number of hydrogen-bond acceptors (Lipinski definition) is 8. The third-order valence-electron chi connectivity index (χ3n) is 6.37. The smallest absolute Gasteiger partial charge is 0.366 e. The normalized spacial score (nSPS) is 14.8. The number of rotatable bonds is 10. The summed E-state index contributed by atoms with van der Waals surface area (Å²) in [7, 11) is 0. The summed E-state index contributed by atoms with van der Waals surface area (Å²) in [6, 6.07) is 7.71. The molecule has 0 atom stereocenters. The Bertz CT molecular complexity index is 1380. The van der Waals surface area contributed by atoms with Crippen LogP contribution in [0.1, 0.15) is 31.7 Å². The van der Waals surface area contributed by atoms with Crippen molar-refractivity contribution in [3.8, 4) is 11.1 Å². The molecule has 1 fully saturated rings. The van der Waals surface area contributed by atoms with E-state index in [0.29, 0.717) is 37.2 Å². The Kier molecular flexibility index (Phi) is 7.52. The highest BCUT2D eigenvalue weighted by molar-refractivity contribution is 5.81. The summed E-state index contributed by atoms with van der Waals surface area (Å²) in [4.78, 5) is 11.3. The van der Waals surface area contributed by atoms with E-state index in [4.69, 9.17) is 9.72 Å². The summed E-state index contributed by atoms with van der Waals surface area (Å²) in [6.45, 7) is 5.57. The highest BCUT2D eigenvalue weighted by Gasteiger charge is 2.33. The van der Waals surface area contributed by atoms with Gasteiger partial charge in [0.2, 0.25) is 0 Å². The van der Waals surface area contributed by atoms with Crippen LogP contribution in [0, 0.1) is 0 Å². The first-order valence-corrected chi connectivity index (χ1v) is 12.5. The van der Waals surface area contributed by atoms with Crippen LogP contribution in [0.3, 0.4) is 0 Å². The largest absolute Gasteiger partial charge is 0.411 e. The number of anilines is 2. The molecule has 0 saturated carbocycles. The van der Waals surface area contributed by atoms with Crippen LogP contribution in [-0.2, 0) is 11.3 Å². The Morgan fingerprint density at radius 3 is 2.66 bits per heavy atom. The van der Waals surface area contributed by atoms with Crippen LogP contribution >= 0.6 is 0 Å². The molecule has 0 amide bonds. The van der Waals surface area contributed by atoms with Crippen LogP contribution in [0.25, 0.3) is 22.2 Å². The SMILES string of the molecule is CC(C)c1cnnc(Nc2ccc3ncc(-c4cnn(CCCN5CC(OCC(F)(F)F)C5)c4)cc3n2)c1. The predicted octanol–water partition coefficient (Wildman–Crippen LogP) is 4.80. The van der Waals surface area contributed by atoms with E-state index in [-0.39, 0.29) is 6.10 Å². The molecule has 5 rings (SSSR count). The van der Waals surface area contributed by atoms with Crippen LogP contribution in [0.4, 0.5) is 24.8 Å². The number of likely N-dealkylation sites (tertiary alicyclic amines) is 1. The van der Waals surface area contributed by atoms with Crippen LogP contribution in [0.5, 0.6) is 0 Å². The number of aromatic nitrogens is 6. The molecule has 4 aromatic rings. The van der Waals surface area contributed by atoms with Gasteiger partial charge in [-0.3, -0.25) is 14.6 Å². The van der Waals surface area contributed by atoms with Crippen molar-refractivity contribution < 1.29 is 17.9 Å². The first kappa shape index (κ1) is 26.0. The van der Waals surface area contributed by atoms with E-state index >= 15 is 0 Å². The van der Waals surface area contributed by atoms with Crippen LogP contribution in [0.15, 0.2) is 49.1 Å². The highest BCUT2D eigenvalue weighted by atomic mass is 19.4.